The summed E-state index contributed by atoms with van der Waals surface area (Å²) in [5.41, 5.74) is 1.33. The molecule has 0 aliphatic carbocycles. The highest BCUT2D eigenvalue weighted by Crippen LogP contribution is 2.21. The first kappa shape index (κ1) is 18.5. The van der Waals surface area contributed by atoms with E-state index in [1.54, 1.807) is 11.8 Å². The van der Waals surface area contributed by atoms with Crippen LogP contribution in [0.5, 0.6) is 0 Å². The van der Waals surface area contributed by atoms with Crippen molar-refractivity contribution in [2.24, 2.45) is 0 Å². The molecule has 0 saturated carbocycles. The Morgan fingerprint density at radius 3 is 1.90 bits per heavy atom. The molecule has 20 heavy (non-hydrogen) atoms. The van der Waals surface area contributed by atoms with Crippen molar-refractivity contribution in [3.63, 3.8) is 0 Å². The van der Waals surface area contributed by atoms with Crippen LogP contribution < -0.4 is 0 Å². The molecular weight excluding hydrogens is 442 g/mol. The van der Waals surface area contributed by atoms with E-state index in [0.29, 0.717) is 5.21 Å². The van der Waals surface area contributed by atoms with E-state index in [0.717, 1.165) is 13.7 Å². The fraction of sp³-hybridized carbons (Fsp3) is 0.200. The topological polar surface area (TPSA) is 0 Å². The van der Waals surface area contributed by atoms with E-state index >= 15 is 0 Å². The van der Waals surface area contributed by atoms with Gasteiger partial charge in [0.05, 0.1) is 8.97 Å². The highest BCUT2D eigenvalue weighted by molar-refractivity contribution is 14.1. The minimum Gasteiger partial charge on any atom is -0.115 e. The van der Waals surface area contributed by atoms with Gasteiger partial charge in [0.2, 0.25) is 0 Å². The average molecular weight is 457 g/mol. The van der Waals surface area contributed by atoms with E-state index in [1.165, 1.54) is 10.5 Å². The van der Waals surface area contributed by atoms with Crippen molar-refractivity contribution in [1.82, 2.24) is 0 Å². The molecule has 0 amide bonds. The van der Waals surface area contributed by atoms with Crippen LogP contribution in [0.3, 0.4) is 0 Å². The summed E-state index contributed by atoms with van der Waals surface area (Å²) in [5.74, 6) is 0. The number of halogens is 3. The third kappa shape index (κ3) is 8.03. The fourth-order valence-electron chi connectivity index (χ4n) is 1.29. The maximum Gasteiger partial charge on any atom is 0.0727 e. The van der Waals surface area contributed by atoms with E-state index < -0.39 is 0 Å². The molecule has 2 aromatic rings. The lowest BCUT2D eigenvalue weighted by Crippen LogP contribution is -1.71. The molecule has 0 fully saturated rings. The minimum atomic E-state index is 0.585. The molecule has 0 atom stereocenters. The van der Waals surface area contributed by atoms with Gasteiger partial charge in [-0.3, -0.25) is 0 Å². The first-order valence-electron chi connectivity index (χ1n) is 5.85. The van der Waals surface area contributed by atoms with Crippen molar-refractivity contribution in [3.05, 3.63) is 59.1 Å². The van der Waals surface area contributed by atoms with Crippen molar-refractivity contribution in [2.75, 3.05) is 8.97 Å². The number of thioether (sulfide) groups is 2. The molecule has 2 rings (SSSR count). The SMILES string of the molecule is Cc1ccc(SCI)cc1.ClCSc1ccc(Cl)cc1. The summed E-state index contributed by atoms with van der Waals surface area (Å²) in [4.78, 5) is 2.51. The Hall–Kier alpha value is 0.450. The molecule has 0 aromatic heterocycles. The minimum absolute atomic E-state index is 0.585. The number of alkyl halides is 2. The second-order valence-corrected chi connectivity index (χ2v) is 8.69. The van der Waals surface area contributed by atoms with Gasteiger partial charge in [0, 0.05) is 14.8 Å². The van der Waals surface area contributed by atoms with E-state index in [1.807, 2.05) is 36.0 Å². The summed E-state index contributed by atoms with van der Waals surface area (Å²) in [7, 11) is 0. The molecular formula is C15H15Cl2IS2. The Balaban J connectivity index is 0.000000200. The van der Waals surface area contributed by atoms with Crippen LogP contribution in [0, 0.1) is 6.92 Å². The zero-order valence-electron chi connectivity index (χ0n) is 11.0. The summed E-state index contributed by atoms with van der Waals surface area (Å²) in [6.45, 7) is 2.11. The van der Waals surface area contributed by atoms with E-state index in [-0.39, 0.29) is 0 Å². The van der Waals surface area contributed by atoms with Gasteiger partial charge >= 0.3 is 0 Å². The van der Waals surface area contributed by atoms with Gasteiger partial charge in [-0.25, -0.2) is 0 Å². The molecule has 0 unspecified atom stereocenters. The molecule has 0 aliphatic rings. The molecule has 0 nitrogen and oxygen atoms in total. The van der Waals surface area contributed by atoms with Crippen molar-refractivity contribution >= 4 is 69.3 Å². The Morgan fingerprint density at radius 1 is 0.900 bits per heavy atom. The first-order valence-corrected chi connectivity index (χ1v) is 10.3. The molecule has 0 N–H and O–H groups in total. The largest absolute Gasteiger partial charge is 0.115 e. The van der Waals surface area contributed by atoms with E-state index in [4.69, 9.17) is 23.2 Å². The summed E-state index contributed by atoms with van der Waals surface area (Å²) >= 11 is 17.0. The van der Waals surface area contributed by atoms with Crippen molar-refractivity contribution in [3.8, 4) is 0 Å². The Morgan fingerprint density at radius 2 is 1.40 bits per heavy atom. The van der Waals surface area contributed by atoms with Crippen LogP contribution in [-0.4, -0.2) is 8.97 Å². The molecule has 5 heteroatoms. The predicted octanol–water partition coefficient (Wildman–Crippen LogP) is 7.11. The third-order valence-electron chi connectivity index (χ3n) is 2.28. The van der Waals surface area contributed by atoms with E-state index in [9.17, 15) is 0 Å². The fourth-order valence-corrected chi connectivity index (χ4v) is 3.78. The molecule has 2 aromatic carbocycles. The smallest absolute Gasteiger partial charge is 0.0727 e. The van der Waals surface area contributed by atoms with Gasteiger partial charge in [0.15, 0.2) is 0 Å². The van der Waals surface area contributed by atoms with Gasteiger partial charge in [-0.2, -0.15) is 0 Å². The molecule has 0 heterocycles. The molecule has 0 saturated heterocycles. The molecule has 0 aliphatic heterocycles. The monoisotopic (exact) mass is 456 g/mol. The van der Waals surface area contributed by atoms with Crippen LogP contribution in [0.4, 0.5) is 0 Å². The lowest BCUT2D eigenvalue weighted by atomic mass is 10.2. The van der Waals surface area contributed by atoms with Gasteiger partial charge in [-0.1, -0.05) is 51.9 Å². The van der Waals surface area contributed by atoms with Gasteiger partial charge in [0.1, 0.15) is 0 Å². The van der Waals surface area contributed by atoms with Crippen LogP contribution in [0.1, 0.15) is 5.56 Å². The van der Waals surface area contributed by atoms with Crippen molar-refractivity contribution in [2.45, 2.75) is 16.7 Å². The van der Waals surface area contributed by atoms with Crippen LogP contribution in [0.2, 0.25) is 5.02 Å². The highest BCUT2D eigenvalue weighted by Gasteiger charge is 1.90. The summed E-state index contributed by atoms with van der Waals surface area (Å²) in [6, 6.07) is 16.2. The van der Waals surface area contributed by atoms with Gasteiger partial charge < -0.3 is 0 Å². The zero-order valence-corrected chi connectivity index (χ0v) is 16.3. The molecule has 108 valence electrons. The molecule has 0 bridgehead atoms. The van der Waals surface area contributed by atoms with Crippen LogP contribution >= 0.6 is 69.3 Å². The van der Waals surface area contributed by atoms with Crippen molar-refractivity contribution < 1.29 is 0 Å². The lowest BCUT2D eigenvalue weighted by molar-refractivity contribution is 1.38. The van der Waals surface area contributed by atoms with Crippen molar-refractivity contribution in [1.29, 1.82) is 0 Å². The Bertz CT molecular complexity index is 439. The standard InChI is InChI=1S/C8H9IS.C7H6Cl2S/c1-7-2-4-8(5-3-7)10-6-9;8-5-10-7-3-1-6(9)2-4-7/h2-5H,6H2,1H3;1-4H,5H2. The summed E-state index contributed by atoms with van der Waals surface area (Å²) < 4.78 is 1.13. The maximum absolute atomic E-state index is 5.67. The van der Waals surface area contributed by atoms with E-state index in [2.05, 4.69) is 53.8 Å². The Kier molecular flexibility index (Phi) is 10.2. The highest BCUT2D eigenvalue weighted by atomic mass is 127. The Labute approximate surface area is 153 Å². The zero-order chi connectivity index (χ0) is 14.8. The second-order valence-electron chi connectivity index (χ2n) is 3.77. The van der Waals surface area contributed by atoms with Crippen LogP contribution in [0.25, 0.3) is 0 Å². The van der Waals surface area contributed by atoms with Gasteiger partial charge in [-0.15, -0.1) is 35.1 Å². The number of hydrogen-bond acceptors (Lipinski definition) is 2. The average Bonchev–Trinajstić information content (AvgIpc) is 2.45. The normalized spacial score (nSPS) is 9.80. The predicted molar refractivity (Wildman–Crippen MR) is 104 cm³/mol. The summed E-state index contributed by atoms with van der Waals surface area (Å²) in [6.07, 6.45) is 0. The number of benzene rings is 2. The molecule has 0 radical (unpaired) electrons. The van der Waals surface area contributed by atoms with Crippen LogP contribution in [0.15, 0.2) is 58.3 Å². The van der Waals surface area contributed by atoms with Crippen LogP contribution in [-0.2, 0) is 0 Å². The number of aryl methyl sites for hydroxylation is 1. The van der Waals surface area contributed by atoms with Gasteiger partial charge in [-0.05, 0) is 43.3 Å². The summed E-state index contributed by atoms with van der Waals surface area (Å²) in [5, 5.41) is 1.35. The molecule has 0 spiro atoms. The second kappa shape index (κ2) is 11.1. The lowest BCUT2D eigenvalue weighted by Gasteiger charge is -1.96. The quantitative estimate of drug-likeness (QED) is 0.273. The van der Waals surface area contributed by atoms with Gasteiger partial charge in [0.25, 0.3) is 0 Å². The number of rotatable bonds is 4. The third-order valence-corrected chi connectivity index (χ3v) is 5.22. The number of hydrogen-bond donors (Lipinski definition) is 0. The maximum atomic E-state index is 5.67. The first-order chi connectivity index (χ1) is 9.65.